The molecule has 110 valence electrons. The van der Waals surface area contributed by atoms with Gasteiger partial charge in [0.25, 0.3) is 0 Å². The van der Waals surface area contributed by atoms with E-state index in [1.165, 1.54) is 51.9 Å². The zero-order chi connectivity index (χ0) is 12.4. The maximum Gasteiger partial charge on any atom is 0.141 e. The van der Waals surface area contributed by atoms with Gasteiger partial charge in [0.2, 0.25) is 0 Å². The molecular formula is C15H27ClN2O. The molecule has 0 radical (unpaired) electrons. The molecule has 0 spiro atoms. The zero-order valence-corrected chi connectivity index (χ0v) is 12.7. The van der Waals surface area contributed by atoms with Crippen molar-refractivity contribution in [3.63, 3.8) is 0 Å². The Bertz CT molecular complexity index is 271. The number of nitrogens with zero attached hydrogens (tertiary/aromatic N) is 2. The van der Waals surface area contributed by atoms with E-state index in [9.17, 15) is 4.79 Å². The number of halogens is 1. The van der Waals surface area contributed by atoms with Crippen molar-refractivity contribution in [2.24, 2.45) is 11.8 Å². The topological polar surface area (TPSA) is 23.6 Å². The molecule has 4 heteroatoms. The lowest BCUT2D eigenvalue weighted by atomic mass is 10.0. The molecule has 3 aliphatic rings. The van der Waals surface area contributed by atoms with Crippen LogP contribution in [0, 0.1) is 11.8 Å². The molecule has 0 N–H and O–H groups in total. The van der Waals surface area contributed by atoms with E-state index in [-0.39, 0.29) is 12.4 Å². The van der Waals surface area contributed by atoms with Crippen molar-refractivity contribution in [1.29, 1.82) is 0 Å². The van der Waals surface area contributed by atoms with E-state index in [0.29, 0.717) is 17.6 Å². The van der Waals surface area contributed by atoms with Crippen molar-refractivity contribution in [1.82, 2.24) is 9.80 Å². The van der Waals surface area contributed by atoms with Crippen LogP contribution >= 0.6 is 12.4 Å². The lowest BCUT2D eigenvalue weighted by molar-refractivity contribution is -0.124. The molecule has 2 atom stereocenters. The second-order valence-electron chi connectivity index (χ2n) is 6.39. The molecule has 2 aliphatic heterocycles. The molecule has 0 aromatic rings. The minimum atomic E-state index is 0. The quantitative estimate of drug-likeness (QED) is 0.792. The van der Waals surface area contributed by atoms with Crippen molar-refractivity contribution in [2.75, 3.05) is 39.3 Å². The summed E-state index contributed by atoms with van der Waals surface area (Å²) in [6.07, 6.45) is 7.62. The summed E-state index contributed by atoms with van der Waals surface area (Å²) >= 11 is 0. The van der Waals surface area contributed by atoms with E-state index in [0.717, 1.165) is 25.9 Å². The van der Waals surface area contributed by atoms with Gasteiger partial charge in [-0.05, 0) is 64.7 Å². The highest BCUT2D eigenvalue weighted by Crippen LogP contribution is 2.30. The number of likely N-dealkylation sites (tertiary alicyclic amines) is 2. The van der Waals surface area contributed by atoms with Gasteiger partial charge in [0.15, 0.2) is 0 Å². The Hall–Kier alpha value is -0.120. The van der Waals surface area contributed by atoms with E-state index in [4.69, 9.17) is 0 Å². The van der Waals surface area contributed by atoms with Crippen LogP contribution in [0.25, 0.3) is 0 Å². The summed E-state index contributed by atoms with van der Waals surface area (Å²) in [5.74, 6) is 1.29. The molecule has 3 nitrogen and oxygen atoms in total. The Morgan fingerprint density at radius 3 is 1.53 bits per heavy atom. The maximum absolute atomic E-state index is 12.4. The highest BCUT2D eigenvalue weighted by atomic mass is 35.5. The van der Waals surface area contributed by atoms with Gasteiger partial charge in [-0.1, -0.05) is 0 Å². The van der Waals surface area contributed by atoms with Gasteiger partial charge < -0.3 is 9.80 Å². The molecule has 0 aromatic heterocycles. The highest BCUT2D eigenvalue weighted by Gasteiger charge is 2.36. The van der Waals surface area contributed by atoms with Gasteiger partial charge in [-0.25, -0.2) is 0 Å². The van der Waals surface area contributed by atoms with Crippen LogP contribution in [0.1, 0.15) is 38.5 Å². The molecule has 19 heavy (non-hydrogen) atoms. The molecule has 2 heterocycles. The Labute approximate surface area is 123 Å². The van der Waals surface area contributed by atoms with Crippen molar-refractivity contribution in [3.05, 3.63) is 0 Å². The van der Waals surface area contributed by atoms with Crippen LogP contribution in [0.2, 0.25) is 0 Å². The summed E-state index contributed by atoms with van der Waals surface area (Å²) in [6, 6.07) is 0. The van der Waals surface area contributed by atoms with Crippen molar-refractivity contribution in [2.45, 2.75) is 38.5 Å². The summed E-state index contributed by atoms with van der Waals surface area (Å²) in [7, 11) is 0. The smallest absolute Gasteiger partial charge is 0.141 e. The normalized spacial score (nSPS) is 32.9. The minimum Gasteiger partial charge on any atom is -0.303 e. The van der Waals surface area contributed by atoms with Gasteiger partial charge in [-0.15, -0.1) is 12.4 Å². The van der Waals surface area contributed by atoms with Gasteiger partial charge in [0, 0.05) is 24.9 Å². The molecule has 2 unspecified atom stereocenters. The van der Waals surface area contributed by atoms with E-state index in [1.54, 1.807) is 0 Å². The molecular weight excluding hydrogens is 260 g/mol. The van der Waals surface area contributed by atoms with Crippen molar-refractivity contribution >= 4 is 18.2 Å². The van der Waals surface area contributed by atoms with E-state index in [1.807, 2.05) is 0 Å². The third-order valence-electron chi connectivity index (χ3n) is 5.02. The molecule has 0 bridgehead atoms. The van der Waals surface area contributed by atoms with Crippen LogP contribution in [-0.4, -0.2) is 54.9 Å². The molecule has 0 aromatic carbocycles. The van der Waals surface area contributed by atoms with Crippen LogP contribution in [0.5, 0.6) is 0 Å². The Kier molecular flexibility index (Phi) is 5.67. The van der Waals surface area contributed by atoms with Gasteiger partial charge in [-0.3, -0.25) is 4.79 Å². The van der Waals surface area contributed by atoms with E-state index >= 15 is 0 Å². The highest BCUT2D eigenvalue weighted by molar-refractivity contribution is 5.86. The maximum atomic E-state index is 12.4. The first-order valence-electron chi connectivity index (χ1n) is 7.81. The van der Waals surface area contributed by atoms with Gasteiger partial charge in [0.05, 0.1) is 0 Å². The Morgan fingerprint density at radius 2 is 1.16 bits per heavy atom. The molecule has 1 aliphatic carbocycles. The first kappa shape index (κ1) is 15.3. The molecule has 3 fully saturated rings. The number of Topliss-reactive ketones (excluding diaryl/α,β-unsaturated/α-hetero) is 1. The fraction of sp³-hybridized carbons (Fsp3) is 0.933. The standard InChI is InChI=1S/C15H26N2O.ClH/c18-15-13(11-16-7-1-2-8-16)5-6-14(15)12-17-9-3-4-10-17;/h13-14H,1-12H2;1H. The predicted molar refractivity (Wildman–Crippen MR) is 79.8 cm³/mol. The Balaban J connectivity index is 0.00000133. The molecule has 0 amide bonds. The summed E-state index contributed by atoms with van der Waals surface area (Å²) in [6.45, 7) is 6.99. The second-order valence-corrected chi connectivity index (χ2v) is 6.39. The van der Waals surface area contributed by atoms with Gasteiger partial charge in [-0.2, -0.15) is 0 Å². The predicted octanol–water partition coefficient (Wildman–Crippen LogP) is 2.20. The fourth-order valence-electron chi connectivity index (χ4n) is 3.94. The SMILES string of the molecule is Cl.O=C1C(CN2CCCC2)CCC1CN1CCCC1. The van der Waals surface area contributed by atoms with Crippen LogP contribution in [-0.2, 0) is 4.79 Å². The largest absolute Gasteiger partial charge is 0.303 e. The van der Waals surface area contributed by atoms with Gasteiger partial charge in [0.1, 0.15) is 5.78 Å². The Morgan fingerprint density at radius 1 is 0.789 bits per heavy atom. The average Bonchev–Trinajstić information content (AvgIpc) is 3.08. The van der Waals surface area contributed by atoms with Crippen molar-refractivity contribution in [3.8, 4) is 0 Å². The number of carbonyl (C=O) groups is 1. The first-order valence-corrected chi connectivity index (χ1v) is 7.81. The summed E-state index contributed by atoms with van der Waals surface area (Å²) < 4.78 is 0. The molecule has 1 saturated carbocycles. The van der Waals surface area contributed by atoms with E-state index in [2.05, 4.69) is 9.80 Å². The zero-order valence-electron chi connectivity index (χ0n) is 11.9. The third-order valence-corrected chi connectivity index (χ3v) is 5.02. The minimum absolute atomic E-state index is 0. The summed E-state index contributed by atoms with van der Waals surface area (Å²) in [5, 5.41) is 0. The fourth-order valence-corrected chi connectivity index (χ4v) is 3.94. The number of rotatable bonds is 4. The van der Waals surface area contributed by atoms with Crippen LogP contribution in [0.4, 0.5) is 0 Å². The van der Waals surface area contributed by atoms with Crippen LogP contribution < -0.4 is 0 Å². The molecule has 2 saturated heterocycles. The number of hydrogen-bond acceptors (Lipinski definition) is 3. The first-order chi connectivity index (χ1) is 8.83. The lowest BCUT2D eigenvalue weighted by Gasteiger charge is -2.21. The number of hydrogen-bond donors (Lipinski definition) is 0. The molecule has 3 rings (SSSR count). The van der Waals surface area contributed by atoms with E-state index < -0.39 is 0 Å². The van der Waals surface area contributed by atoms with Crippen molar-refractivity contribution < 1.29 is 4.79 Å². The number of carbonyl (C=O) groups excluding carboxylic acids is 1. The number of ketones is 1. The average molecular weight is 287 g/mol. The second kappa shape index (κ2) is 7.05. The van der Waals surface area contributed by atoms with Crippen LogP contribution in [0.15, 0.2) is 0 Å². The van der Waals surface area contributed by atoms with Crippen LogP contribution in [0.3, 0.4) is 0 Å². The summed E-state index contributed by atoms with van der Waals surface area (Å²) in [4.78, 5) is 17.4. The lowest BCUT2D eigenvalue weighted by Crippen LogP contribution is -2.33. The van der Waals surface area contributed by atoms with Gasteiger partial charge >= 0.3 is 0 Å². The summed E-state index contributed by atoms with van der Waals surface area (Å²) in [5.41, 5.74) is 0. The third kappa shape index (κ3) is 3.71. The monoisotopic (exact) mass is 286 g/mol.